The monoisotopic (exact) mass is 263 g/mol. The smallest absolute Gasteiger partial charge is 0.316 e. The molecule has 0 fully saturated rings. The maximum atomic E-state index is 11.5. The van der Waals surface area contributed by atoms with E-state index in [1.54, 1.807) is 12.1 Å². The molecule has 5 nitrogen and oxygen atoms in total. The van der Waals surface area contributed by atoms with Gasteiger partial charge in [-0.15, -0.1) is 0 Å². The molecule has 0 aliphatic rings. The van der Waals surface area contributed by atoms with E-state index in [0.29, 0.717) is 18.7 Å². The first-order valence-electron chi connectivity index (χ1n) is 6.54. The van der Waals surface area contributed by atoms with Gasteiger partial charge in [-0.25, -0.2) is 4.79 Å². The van der Waals surface area contributed by atoms with Crippen LogP contribution >= 0.6 is 0 Å². The van der Waals surface area contributed by atoms with Crippen LogP contribution in [-0.2, 0) is 11.3 Å². The van der Waals surface area contributed by atoms with Crippen molar-refractivity contribution >= 4 is 17.6 Å². The number of hydrogen-bond acceptors (Lipinski definition) is 2. The summed E-state index contributed by atoms with van der Waals surface area (Å²) < 4.78 is 0. The molecule has 0 heterocycles. The molecular formula is C14H21N3O2. The lowest BCUT2D eigenvalue weighted by molar-refractivity contribution is -0.121. The summed E-state index contributed by atoms with van der Waals surface area (Å²) in [5.74, 6) is 0.0767. The molecule has 1 rings (SSSR count). The Bertz CT molecular complexity index is 415. The first kappa shape index (κ1) is 15.0. The third-order valence-corrected chi connectivity index (χ3v) is 2.72. The average molecular weight is 263 g/mol. The summed E-state index contributed by atoms with van der Waals surface area (Å²) in [6.45, 7) is 2.61. The van der Waals surface area contributed by atoms with Crippen LogP contribution in [0.25, 0.3) is 0 Å². The normalized spacial score (nSPS) is 9.95. The Morgan fingerprint density at radius 3 is 2.42 bits per heavy atom. The molecule has 0 saturated heterocycles. The van der Waals surface area contributed by atoms with E-state index in [4.69, 9.17) is 5.73 Å². The number of nitrogens with one attached hydrogen (secondary N) is 2. The van der Waals surface area contributed by atoms with Crippen molar-refractivity contribution in [2.24, 2.45) is 5.73 Å². The molecule has 5 heteroatoms. The van der Waals surface area contributed by atoms with Gasteiger partial charge < -0.3 is 16.4 Å². The summed E-state index contributed by atoms with van der Waals surface area (Å²) in [5.41, 5.74) is 6.64. The number of carbonyl (C=O) groups is 2. The predicted octanol–water partition coefficient (Wildman–Crippen LogP) is 2.37. The minimum atomic E-state index is -0.586. The Balaban J connectivity index is 2.33. The maximum absolute atomic E-state index is 11.5. The molecule has 0 aliphatic carbocycles. The van der Waals surface area contributed by atoms with Crippen LogP contribution in [0.3, 0.4) is 0 Å². The lowest BCUT2D eigenvalue weighted by Gasteiger charge is -2.06. The van der Waals surface area contributed by atoms with Gasteiger partial charge in [0.1, 0.15) is 0 Å². The summed E-state index contributed by atoms with van der Waals surface area (Å²) in [5, 5.41) is 5.35. The number of rotatable bonds is 7. The summed E-state index contributed by atoms with van der Waals surface area (Å²) in [6, 6.07) is 6.61. The molecule has 4 N–H and O–H groups in total. The molecule has 0 spiro atoms. The van der Waals surface area contributed by atoms with E-state index in [-0.39, 0.29) is 5.91 Å². The Labute approximate surface area is 113 Å². The molecule has 104 valence electrons. The molecule has 0 atom stereocenters. The number of primary amides is 1. The Kier molecular flexibility index (Phi) is 6.43. The van der Waals surface area contributed by atoms with Crippen molar-refractivity contribution in [3.8, 4) is 0 Å². The predicted molar refractivity (Wildman–Crippen MR) is 75.6 cm³/mol. The Morgan fingerprint density at radius 1 is 1.16 bits per heavy atom. The second kappa shape index (κ2) is 8.13. The molecule has 3 amide bonds. The number of unbranched alkanes of at least 4 members (excludes halogenated alkanes) is 2. The molecule has 1 aromatic carbocycles. The zero-order chi connectivity index (χ0) is 14.1. The number of amides is 3. The van der Waals surface area contributed by atoms with Crippen molar-refractivity contribution in [3.05, 3.63) is 29.8 Å². The zero-order valence-electron chi connectivity index (χ0n) is 11.2. The number of nitrogens with two attached hydrogens (primary N) is 1. The lowest BCUT2D eigenvalue weighted by Crippen LogP contribution is -2.22. The van der Waals surface area contributed by atoms with E-state index >= 15 is 0 Å². The summed E-state index contributed by atoms with van der Waals surface area (Å²) in [4.78, 5) is 22.2. The van der Waals surface area contributed by atoms with Crippen LogP contribution < -0.4 is 16.4 Å². The van der Waals surface area contributed by atoms with Gasteiger partial charge >= 0.3 is 6.03 Å². The minimum absolute atomic E-state index is 0.0767. The summed E-state index contributed by atoms with van der Waals surface area (Å²) >= 11 is 0. The Hall–Kier alpha value is -2.04. The number of carbonyl (C=O) groups excluding carboxylic acids is 2. The third-order valence-electron chi connectivity index (χ3n) is 2.72. The molecule has 0 aromatic heterocycles. The highest BCUT2D eigenvalue weighted by Crippen LogP contribution is 2.09. The summed E-state index contributed by atoms with van der Waals surface area (Å²) in [6.07, 6.45) is 3.71. The highest BCUT2D eigenvalue weighted by molar-refractivity contribution is 5.87. The number of anilines is 1. The molecule has 0 saturated carbocycles. The van der Waals surface area contributed by atoms with Crippen molar-refractivity contribution in [2.45, 2.75) is 39.2 Å². The van der Waals surface area contributed by atoms with Crippen LogP contribution in [0.4, 0.5) is 10.5 Å². The van der Waals surface area contributed by atoms with Crippen molar-refractivity contribution in [1.29, 1.82) is 0 Å². The summed E-state index contributed by atoms with van der Waals surface area (Å²) in [7, 11) is 0. The largest absolute Gasteiger partial charge is 0.352 e. The second-order valence-electron chi connectivity index (χ2n) is 4.42. The Morgan fingerprint density at radius 2 is 1.84 bits per heavy atom. The quantitative estimate of drug-likeness (QED) is 0.660. The van der Waals surface area contributed by atoms with E-state index in [0.717, 1.165) is 24.8 Å². The number of urea groups is 1. The van der Waals surface area contributed by atoms with Gasteiger partial charge in [-0.2, -0.15) is 0 Å². The minimum Gasteiger partial charge on any atom is -0.352 e. The molecule has 19 heavy (non-hydrogen) atoms. The molecule has 0 unspecified atom stereocenters. The fraction of sp³-hybridized carbons (Fsp3) is 0.429. The van der Waals surface area contributed by atoms with Crippen molar-refractivity contribution in [2.75, 3.05) is 5.32 Å². The fourth-order valence-electron chi connectivity index (χ4n) is 1.67. The van der Waals surface area contributed by atoms with Crippen molar-refractivity contribution in [1.82, 2.24) is 5.32 Å². The fourth-order valence-corrected chi connectivity index (χ4v) is 1.67. The van der Waals surface area contributed by atoms with Gasteiger partial charge in [0.25, 0.3) is 0 Å². The van der Waals surface area contributed by atoms with Crippen LogP contribution in [0.15, 0.2) is 24.3 Å². The topological polar surface area (TPSA) is 84.2 Å². The number of benzene rings is 1. The van der Waals surface area contributed by atoms with Gasteiger partial charge in [0.05, 0.1) is 0 Å². The standard InChI is InChI=1S/C14H21N3O2/c1-2-3-4-5-13(18)16-10-11-6-8-12(9-7-11)17-14(15)19/h6-9H,2-5,10H2,1H3,(H,16,18)(H3,15,17,19). The van der Waals surface area contributed by atoms with Crippen LogP contribution in [-0.4, -0.2) is 11.9 Å². The lowest BCUT2D eigenvalue weighted by atomic mass is 10.2. The SMILES string of the molecule is CCCCCC(=O)NCc1ccc(NC(N)=O)cc1. The first-order valence-corrected chi connectivity index (χ1v) is 6.54. The number of hydrogen-bond donors (Lipinski definition) is 3. The maximum Gasteiger partial charge on any atom is 0.316 e. The van der Waals surface area contributed by atoms with Crippen LogP contribution in [0.2, 0.25) is 0 Å². The van der Waals surface area contributed by atoms with Gasteiger partial charge in [-0.1, -0.05) is 31.9 Å². The van der Waals surface area contributed by atoms with E-state index in [1.807, 2.05) is 12.1 Å². The molecule has 1 aromatic rings. The second-order valence-corrected chi connectivity index (χ2v) is 4.42. The molecule has 0 aliphatic heterocycles. The molecule has 0 bridgehead atoms. The third kappa shape index (κ3) is 6.45. The van der Waals surface area contributed by atoms with Gasteiger partial charge in [-0.05, 0) is 24.1 Å². The van der Waals surface area contributed by atoms with E-state index in [1.165, 1.54) is 0 Å². The van der Waals surface area contributed by atoms with Gasteiger partial charge in [0.15, 0.2) is 0 Å². The first-order chi connectivity index (χ1) is 9.11. The van der Waals surface area contributed by atoms with Crippen LogP contribution in [0.5, 0.6) is 0 Å². The van der Waals surface area contributed by atoms with E-state index in [9.17, 15) is 9.59 Å². The molecular weight excluding hydrogens is 242 g/mol. The highest BCUT2D eigenvalue weighted by atomic mass is 16.2. The van der Waals surface area contributed by atoms with Gasteiger partial charge in [0.2, 0.25) is 5.91 Å². The van der Waals surface area contributed by atoms with Crippen LogP contribution in [0, 0.1) is 0 Å². The van der Waals surface area contributed by atoms with Crippen molar-refractivity contribution in [3.63, 3.8) is 0 Å². The van der Waals surface area contributed by atoms with E-state index < -0.39 is 6.03 Å². The van der Waals surface area contributed by atoms with Crippen molar-refractivity contribution < 1.29 is 9.59 Å². The average Bonchev–Trinajstić information content (AvgIpc) is 2.37. The van der Waals surface area contributed by atoms with Gasteiger partial charge in [0, 0.05) is 18.7 Å². The van der Waals surface area contributed by atoms with Gasteiger partial charge in [-0.3, -0.25) is 4.79 Å². The zero-order valence-corrected chi connectivity index (χ0v) is 11.2. The molecule has 0 radical (unpaired) electrons. The highest BCUT2D eigenvalue weighted by Gasteiger charge is 2.01. The van der Waals surface area contributed by atoms with Crippen LogP contribution in [0.1, 0.15) is 38.2 Å². The van der Waals surface area contributed by atoms with E-state index in [2.05, 4.69) is 17.6 Å².